The van der Waals surface area contributed by atoms with Crippen LogP contribution < -0.4 is 10.6 Å². The Labute approximate surface area is 213 Å². The average molecular weight is 499 g/mol. The number of aryl methyl sites for hydroxylation is 1. The van der Waals surface area contributed by atoms with Crippen molar-refractivity contribution in [3.63, 3.8) is 0 Å². The molecule has 0 unspecified atom stereocenters. The topological polar surface area (TPSA) is 93.3 Å². The lowest BCUT2D eigenvalue weighted by Crippen LogP contribution is -2.26. The van der Waals surface area contributed by atoms with Gasteiger partial charge in [-0.15, -0.1) is 5.10 Å². The van der Waals surface area contributed by atoms with E-state index in [1.807, 2.05) is 55.1 Å². The first-order chi connectivity index (χ1) is 17.7. The van der Waals surface area contributed by atoms with Gasteiger partial charge >= 0.3 is 0 Å². The van der Waals surface area contributed by atoms with E-state index in [0.29, 0.717) is 11.2 Å². The lowest BCUT2D eigenvalue weighted by Gasteiger charge is -2.14. The van der Waals surface area contributed by atoms with Gasteiger partial charge in [0.2, 0.25) is 11.9 Å². The molecule has 0 aliphatic rings. The fourth-order valence-electron chi connectivity index (χ4n) is 4.23. The maximum Gasteiger partial charge on any atom is 0.253 e. The number of hydrogen-bond acceptors (Lipinski definition) is 4. The van der Waals surface area contributed by atoms with E-state index in [9.17, 15) is 14.0 Å². The quantitative estimate of drug-likeness (QED) is 0.340. The highest BCUT2D eigenvalue weighted by molar-refractivity contribution is 6.08. The SMILES string of the molecule is CC(C)C(=O)Nc1nc2cc(-c3ccc4c(c3)c(C(=O)N[C@@H](C)c3ccc(F)cc3)cn4C)ccn2n1. The molecule has 3 heterocycles. The van der Waals surface area contributed by atoms with E-state index in [-0.39, 0.29) is 35.5 Å². The van der Waals surface area contributed by atoms with E-state index in [4.69, 9.17) is 0 Å². The normalized spacial score (nSPS) is 12.3. The number of carbonyl (C=O) groups is 2. The molecule has 3 aromatic heterocycles. The number of rotatable bonds is 6. The molecular formula is C28H27FN6O2. The third-order valence-electron chi connectivity index (χ3n) is 6.38. The highest BCUT2D eigenvalue weighted by atomic mass is 19.1. The molecule has 0 aliphatic carbocycles. The Morgan fingerprint density at radius 1 is 0.973 bits per heavy atom. The van der Waals surface area contributed by atoms with Crippen molar-refractivity contribution in [1.29, 1.82) is 0 Å². The van der Waals surface area contributed by atoms with Crippen molar-refractivity contribution in [3.05, 3.63) is 83.9 Å². The number of carbonyl (C=O) groups excluding carboxylic acids is 2. The van der Waals surface area contributed by atoms with Gasteiger partial charge in [-0.3, -0.25) is 14.9 Å². The lowest BCUT2D eigenvalue weighted by molar-refractivity contribution is -0.118. The summed E-state index contributed by atoms with van der Waals surface area (Å²) in [7, 11) is 1.90. The van der Waals surface area contributed by atoms with Gasteiger partial charge in [0, 0.05) is 36.3 Å². The van der Waals surface area contributed by atoms with E-state index in [2.05, 4.69) is 20.7 Å². The zero-order valence-corrected chi connectivity index (χ0v) is 21.0. The predicted molar refractivity (Wildman–Crippen MR) is 141 cm³/mol. The Morgan fingerprint density at radius 3 is 2.43 bits per heavy atom. The zero-order chi connectivity index (χ0) is 26.3. The van der Waals surface area contributed by atoms with Crippen LogP contribution in [0.4, 0.5) is 10.3 Å². The molecule has 0 spiro atoms. The van der Waals surface area contributed by atoms with Crippen LogP contribution >= 0.6 is 0 Å². The van der Waals surface area contributed by atoms with Crippen molar-refractivity contribution in [2.24, 2.45) is 13.0 Å². The minimum atomic E-state index is -0.315. The number of benzene rings is 2. The van der Waals surface area contributed by atoms with E-state index >= 15 is 0 Å². The third-order valence-corrected chi connectivity index (χ3v) is 6.38. The number of hydrogen-bond donors (Lipinski definition) is 2. The van der Waals surface area contributed by atoms with Gasteiger partial charge in [0.1, 0.15) is 5.82 Å². The van der Waals surface area contributed by atoms with Crippen LogP contribution in [0.1, 0.15) is 42.7 Å². The minimum absolute atomic E-state index is 0.148. The van der Waals surface area contributed by atoms with Crippen molar-refractivity contribution in [2.45, 2.75) is 26.8 Å². The number of halogens is 1. The molecular weight excluding hydrogens is 471 g/mol. The summed E-state index contributed by atoms with van der Waals surface area (Å²) >= 11 is 0. The molecule has 9 heteroatoms. The summed E-state index contributed by atoms with van der Waals surface area (Å²) in [6.07, 6.45) is 3.60. The second-order valence-electron chi connectivity index (χ2n) is 9.43. The van der Waals surface area contributed by atoms with Crippen molar-refractivity contribution in [3.8, 4) is 11.1 Å². The van der Waals surface area contributed by atoms with Crippen LogP contribution in [-0.4, -0.2) is 31.0 Å². The van der Waals surface area contributed by atoms with Gasteiger partial charge < -0.3 is 9.88 Å². The Bertz CT molecular complexity index is 1630. The summed E-state index contributed by atoms with van der Waals surface area (Å²) in [5.74, 6) is -0.596. The summed E-state index contributed by atoms with van der Waals surface area (Å²) in [4.78, 5) is 29.7. The smallest absolute Gasteiger partial charge is 0.253 e. The molecule has 0 fully saturated rings. The van der Waals surface area contributed by atoms with Gasteiger partial charge in [0.25, 0.3) is 5.91 Å². The third kappa shape index (κ3) is 4.80. The molecule has 0 radical (unpaired) electrons. The molecule has 188 valence electrons. The standard InChI is InChI=1S/C28H27FN6O2/c1-16(2)26(36)32-28-31-25-14-20(11-12-35(25)33-28)19-7-10-24-22(13-19)23(15-34(24)4)27(37)30-17(3)18-5-8-21(29)9-6-18/h5-17H,1-4H3,(H,30,37)(H,32,33,36)/t17-/m0/s1. The maximum absolute atomic E-state index is 13.3. The van der Waals surface area contributed by atoms with Gasteiger partial charge in [0.15, 0.2) is 5.65 Å². The van der Waals surface area contributed by atoms with Gasteiger partial charge in [-0.2, -0.15) is 4.98 Å². The first-order valence-corrected chi connectivity index (χ1v) is 12.0. The highest BCUT2D eigenvalue weighted by Gasteiger charge is 2.18. The Hall–Kier alpha value is -4.53. The Morgan fingerprint density at radius 2 is 1.70 bits per heavy atom. The number of anilines is 1. The average Bonchev–Trinajstić information content (AvgIpc) is 3.43. The monoisotopic (exact) mass is 498 g/mol. The van der Waals surface area contributed by atoms with Crippen molar-refractivity contribution in [2.75, 3.05) is 5.32 Å². The molecule has 0 saturated heterocycles. The molecule has 0 aliphatic heterocycles. The summed E-state index contributed by atoms with van der Waals surface area (Å²) in [5.41, 5.74) is 4.70. The first-order valence-electron chi connectivity index (χ1n) is 12.0. The fraction of sp³-hybridized carbons (Fsp3) is 0.214. The maximum atomic E-state index is 13.3. The van der Waals surface area contributed by atoms with Crippen LogP contribution in [0, 0.1) is 11.7 Å². The van der Waals surface area contributed by atoms with Crippen LogP contribution in [0.3, 0.4) is 0 Å². The van der Waals surface area contributed by atoms with Crippen LogP contribution in [0.2, 0.25) is 0 Å². The molecule has 5 aromatic rings. The number of fused-ring (bicyclic) bond motifs is 2. The lowest BCUT2D eigenvalue weighted by atomic mass is 10.0. The molecule has 2 aromatic carbocycles. The van der Waals surface area contributed by atoms with Gasteiger partial charge in [0.05, 0.1) is 11.6 Å². The molecule has 2 amide bonds. The summed E-state index contributed by atoms with van der Waals surface area (Å²) in [5, 5.41) is 10.9. The molecule has 1 atom stereocenters. The summed E-state index contributed by atoms with van der Waals surface area (Å²) in [6.45, 7) is 5.48. The number of amides is 2. The molecule has 8 nitrogen and oxygen atoms in total. The largest absolute Gasteiger partial charge is 0.350 e. The molecule has 0 saturated carbocycles. The number of nitrogens with one attached hydrogen (secondary N) is 2. The van der Waals surface area contributed by atoms with E-state index in [1.165, 1.54) is 12.1 Å². The van der Waals surface area contributed by atoms with E-state index < -0.39 is 0 Å². The Balaban J connectivity index is 1.45. The number of aromatic nitrogens is 4. The summed E-state index contributed by atoms with van der Waals surface area (Å²) in [6, 6.07) is 15.6. The summed E-state index contributed by atoms with van der Waals surface area (Å²) < 4.78 is 16.8. The molecule has 5 rings (SSSR count). The van der Waals surface area contributed by atoms with Gasteiger partial charge in [-0.1, -0.05) is 32.0 Å². The van der Waals surface area contributed by atoms with Crippen molar-refractivity contribution >= 4 is 34.3 Å². The highest BCUT2D eigenvalue weighted by Crippen LogP contribution is 2.29. The minimum Gasteiger partial charge on any atom is -0.350 e. The number of nitrogens with zero attached hydrogens (tertiary/aromatic N) is 4. The van der Waals surface area contributed by atoms with Crippen LogP contribution in [0.25, 0.3) is 27.7 Å². The predicted octanol–water partition coefficient (Wildman–Crippen LogP) is 5.11. The first kappa shape index (κ1) is 24.2. The van der Waals surface area contributed by atoms with Crippen LogP contribution in [0.15, 0.2) is 67.0 Å². The van der Waals surface area contributed by atoms with Crippen molar-refractivity contribution < 1.29 is 14.0 Å². The van der Waals surface area contributed by atoms with E-state index in [1.54, 1.807) is 36.7 Å². The van der Waals surface area contributed by atoms with Gasteiger partial charge in [-0.25, -0.2) is 8.91 Å². The second-order valence-corrected chi connectivity index (χ2v) is 9.43. The van der Waals surface area contributed by atoms with Gasteiger partial charge in [-0.05, 0) is 60.0 Å². The zero-order valence-electron chi connectivity index (χ0n) is 21.0. The fourth-order valence-corrected chi connectivity index (χ4v) is 4.23. The van der Waals surface area contributed by atoms with Crippen LogP contribution in [-0.2, 0) is 11.8 Å². The van der Waals surface area contributed by atoms with Crippen LogP contribution in [0.5, 0.6) is 0 Å². The molecule has 37 heavy (non-hydrogen) atoms. The Kier molecular flexibility index (Phi) is 6.20. The molecule has 2 N–H and O–H groups in total. The van der Waals surface area contributed by atoms with E-state index in [0.717, 1.165) is 27.6 Å². The number of pyridine rings is 1. The molecule has 0 bridgehead atoms. The van der Waals surface area contributed by atoms with Crippen molar-refractivity contribution in [1.82, 2.24) is 24.5 Å². The second kappa shape index (κ2) is 9.50.